The highest BCUT2D eigenvalue weighted by atomic mass is 19.1. The van der Waals surface area contributed by atoms with Crippen molar-refractivity contribution in [3.05, 3.63) is 82.7 Å². The van der Waals surface area contributed by atoms with Gasteiger partial charge in [0.25, 0.3) is 5.56 Å². The Morgan fingerprint density at radius 2 is 1.83 bits per heavy atom. The number of rotatable bonds is 2. The molecule has 9 rings (SSSR count). The SMILES string of the molecule is CO[C@H]1CN(C)C(=O)[C@@H]2CC(CN2c2cc(=O)n3c4c2cnn4-c2ccc(F)cc2OCCCC3)Nc2nccc(n2)-c2cc(F)cc3nc(C)n(c23)C1. The maximum absolute atomic E-state index is 15.0. The molecule has 7 heterocycles. The average Bonchev–Trinajstić information content (AvgIpc) is 3.86. The van der Waals surface area contributed by atoms with Crippen LogP contribution in [0.25, 0.3) is 39.0 Å². The second-order valence-electron chi connectivity index (χ2n) is 14.2. The van der Waals surface area contributed by atoms with E-state index in [-0.39, 0.29) is 24.1 Å². The van der Waals surface area contributed by atoms with Gasteiger partial charge in [0, 0.05) is 69.8 Å². The summed E-state index contributed by atoms with van der Waals surface area (Å²) in [6.45, 7) is 3.58. The third kappa shape index (κ3) is 5.71. The fourth-order valence-corrected chi connectivity index (χ4v) is 8.15. The summed E-state index contributed by atoms with van der Waals surface area (Å²) in [5.41, 5.74) is 3.61. The van der Waals surface area contributed by atoms with Gasteiger partial charge in [0.05, 0.1) is 53.3 Å². The van der Waals surface area contributed by atoms with E-state index in [1.54, 1.807) is 58.9 Å². The summed E-state index contributed by atoms with van der Waals surface area (Å²) in [5, 5.41) is 8.80. The number of nitrogens with zero attached hydrogens (tertiary/aromatic N) is 9. The van der Waals surface area contributed by atoms with Gasteiger partial charge in [-0.1, -0.05) is 0 Å². The zero-order valence-electron chi connectivity index (χ0n) is 30.0. The average molecular weight is 737 g/mol. The zero-order valence-corrected chi connectivity index (χ0v) is 30.0. The molecule has 278 valence electrons. The summed E-state index contributed by atoms with van der Waals surface area (Å²) in [5.74, 6) is 0.269. The van der Waals surface area contributed by atoms with Gasteiger partial charge < -0.3 is 29.2 Å². The Hall–Kier alpha value is -5.90. The smallest absolute Gasteiger partial charge is 0.254 e. The van der Waals surface area contributed by atoms with E-state index in [1.165, 1.54) is 24.3 Å². The number of carbonyl (C=O) groups is 1. The molecule has 1 amide bonds. The van der Waals surface area contributed by atoms with Crippen molar-refractivity contribution in [1.82, 2.24) is 38.8 Å². The first-order valence-electron chi connectivity index (χ1n) is 18.0. The Kier molecular flexibility index (Phi) is 8.28. The van der Waals surface area contributed by atoms with Gasteiger partial charge in [-0.2, -0.15) is 5.10 Å². The van der Waals surface area contributed by atoms with Crippen LogP contribution >= 0.6 is 0 Å². The summed E-state index contributed by atoms with van der Waals surface area (Å²) < 4.78 is 46.6. The van der Waals surface area contributed by atoms with Crippen molar-refractivity contribution >= 4 is 39.6 Å². The molecule has 4 bridgehead atoms. The van der Waals surface area contributed by atoms with E-state index in [1.807, 2.05) is 16.4 Å². The molecule has 14 nitrogen and oxygen atoms in total. The number of pyridine rings is 1. The number of benzene rings is 2. The minimum atomic E-state index is -0.684. The van der Waals surface area contributed by atoms with Crippen molar-refractivity contribution in [2.24, 2.45) is 0 Å². The zero-order chi connectivity index (χ0) is 37.2. The van der Waals surface area contributed by atoms with E-state index >= 15 is 4.39 Å². The third-order valence-electron chi connectivity index (χ3n) is 10.7. The molecule has 0 saturated carbocycles. The van der Waals surface area contributed by atoms with Crippen LogP contribution < -0.4 is 20.5 Å². The number of imidazole rings is 1. The minimum absolute atomic E-state index is 0.158. The molecule has 1 N–H and O–H groups in total. The number of ether oxygens (including phenoxy) is 2. The maximum Gasteiger partial charge on any atom is 0.254 e. The number of anilines is 2. The lowest BCUT2D eigenvalue weighted by atomic mass is 10.1. The highest BCUT2D eigenvalue weighted by Gasteiger charge is 2.41. The molecule has 1 fully saturated rings. The van der Waals surface area contributed by atoms with Gasteiger partial charge in [-0.15, -0.1) is 0 Å². The van der Waals surface area contributed by atoms with Crippen LogP contribution in [0.3, 0.4) is 0 Å². The van der Waals surface area contributed by atoms with Crippen LogP contribution in [0.5, 0.6) is 5.75 Å². The third-order valence-corrected chi connectivity index (χ3v) is 10.7. The summed E-state index contributed by atoms with van der Waals surface area (Å²) in [6, 6.07) is 9.43. The number of carbonyl (C=O) groups excluding carboxylic acids is 1. The van der Waals surface area contributed by atoms with Crippen LogP contribution in [0.2, 0.25) is 0 Å². The molecular formula is C38H38F2N10O4. The largest absolute Gasteiger partial charge is 0.491 e. The number of methoxy groups -OCH3 is 1. The van der Waals surface area contributed by atoms with E-state index < -0.39 is 23.8 Å². The topological polar surface area (TPSA) is 137 Å². The highest BCUT2D eigenvalue weighted by Crippen LogP contribution is 2.37. The molecule has 54 heavy (non-hydrogen) atoms. The van der Waals surface area contributed by atoms with Crippen LogP contribution in [0, 0.1) is 18.6 Å². The molecule has 1 saturated heterocycles. The molecule has 3 atom stereocenters. The van der Waals surface area contributed by atoms with Crippen molar-refractivity contribution in [2.75, 3.05) is 44.1 Å². The van der Waals surface area contributed by atoms with E-state index in [0.717, 1.165) is 0 Å². The maximum atomic E-state index is 15.0. The second kappa shape index (κ2) is 13.2. The monoisotopic (exact) mass is 736 g/mol. The quantitative estimate of drug-likeness (QED) is 0.274. The Balaban J connectivity index is 1.18. The van der Waals surface area contributed by atoms with Crippen LogP contribution in [-0.2, 0) is 22.6 Å². The number of hydrogen-bond acceptors (Lipinski definition) is 10. The molecule has 6 aromatic rings. The van der Waals surface area contributed by atoms with E-state index in [0.29, 0.717) is 108 Å². The molecule has 3 aliphatic heterocycles. The molecule has 0 spiro atoms. The van der Waals surface area contributed by atoms with Gasteiger partial charge in [0.15, 0.2) is 0 Å². The molecule has 1 unspecified atom stereocenters. The molecule has 2 aromatic carbocycles. The predicted molar refractivity (Wildman–Crippen MR) is 197 cm³/mol. The van der Waals surface area contributed by atoms with Gasteiger partial charge >= 0.3 is 0 Å². The van der Waals surface area contributed by atoms with E-state index in [2.05, 4.69) is 15.3 Å². The Morgan fingerprint density at radius 1 is 0.963 bits per heavy atom. The first-order chi connectivity index (χ1) is 26.2. The molecule has 0 aliphatic carbocycles. The van der Waals surface area contributed by atoms with E-state index in [4.69, 9.17) is 19.6 Å². The number of halogens is 2. The summed E-state index contributed by atoms with van der Waals surface area (Å²) in [7, 11) is 3.35. The van der Waals surface area contributed by atoms with Crippen molar-refractivity contribution in [1.29, 1.82) is 0 Å². The van der Waals surface area contributed by atoms with Crippen molar-refractivity contribution in [3.63, 3.8) is 0 Å². The number of hydrogen-bond donors (Lipinski definition) is 1. The highest BCUT2D eigenvalue weighted by molar-refractivity contribution is 5.95. The van der Waals surface area contributed by atoms with Crippen LogP contribution in [-0.4, -0.2) is 96.7 Å². The first kappa shape index (κ1) is 33.9. The summed E-state index contributed by atoms with van der Waals surface area (Å²) >= 11 is 0. The second-order valence-corrected chi connectivity index (χ2v) is 14.2. The molecule has 4 aromatic heterocycles. The van der Waals surface area contributed by atoms with E-state index in [9.17, 15) is 14.0 Å². The van der Waals surface area contributed by atoms with Crippen LogP contribution in [0.1, 0.15) is 25.1 Å². The lowest BCUT2D eigenvalue weighted by Gasteiger charge is -2.31. The molecule has 0 radical (unpaired) electrons. The van der Waals surface area contributed by atoms with Gasteiger partial charge in [0.2, 0.25) is 11.9 Å². The lowest BCUT2D eigenvalue weighted by Crippen LogP contribution is -2.47. The summed E-state index contributed by atoms with van der Waals surface area (Å²) in [6.07, 6.45) is 4.56. The Bertz CT molecular complexity index is 2510. The summed E-state index contributed by atoms with van der Waals surface area (Å²) in [4.78, 5) is 46.3. The van der Waals surface area contributed by atoms with Crippen LogP contribution in [0.4, 0.5) is 20.4 Å². The number of fused-ring (bicyclic) bond motifs is 7. The molecular weight excluding hydrogens is 698 g/mol. The fraction of sp³-hybridized carbons (Fsp3) is 0.368. The number of nitrogens with one attached hydrogen (secondary N) is 1. The normalized spacial score (nSPS) is 20.3. The standard InChI is InChI=1S/C38H38F2N10O4/c1-21-43-29-13-23(40)12-26-28-8-9-41-38(45-28)44-24-15-32(37(52)46(2)19-25(53-3)20-48(21)35(26)29)49(18-24)31-16-34(51)47-10-4-5-11-54-33-14-22(39)6-7-30(33)50-36(47)27(31)17-42-50/h6-9,12-14,16-17,24-25,32H,4-5,10-11,15,18-20H2,1-3H3,(H,41,44,45)/t24?,25-,32-/m0/s1. The van der Waals surface area contributed by atoms with Gasteiger partial charge in [0.1, 0.15) is 40.6 Å². The van der Waals surface area contributed by atoms with Crippen molar-refractivity contribution < 1.29 is 23.0 Å². The number of likely N-dealkylation sites (N-methyl/N-ethyl adjacent to an activating group) is 1. The van der Waals surface area contributed by atoms with Gasteiger partial charge in [-0.3, -0.25) is 14.2 Å². The minimum Gasteiger partial charge on any atom is -0.491 e. The number of aryl methyl sites for hydroxylation is 2. The van der Waals surface area contributed by atoms with Crippen LogP contribution in [0.15, 0.2) is 59.7 Å². The fourth-order valence-electron chi connectivity index (χ4n) is 8.15. The first-order valence-corrected chi connectivity index (χ1v) is 18.0. The molecule has 16 heteroatoms. The number of aromatic nitrogens is 7. The Labute approximate surface area is 307 Å². The van der Waals surface area contributed by atoms with Crippen molar-refractivity contribution in [2.45, 2.75) is 57.5 Å². The lowest BCUT2D eigenvalue weighted by molar-refractivity contribution is -0.132. The van der Waals surface area contributed by atoms with Crippen molar-refractivity contribution in [3.8, 4) is 22.7 Å². The van der Waals surface area contributed by atoms with Gasteiger partial charge in [-0.05, 0) is 50.5 Å². The Morgan fingerprint density at radius 3 is 2.69 bits per heavy atom. The number of amides is 1. The van der Waals surface area contributed by atoms with Gasteiger partial charge in [-0.25, -0.2) is 28.4 Å². The molecule has 3 aliphatic rings. The predicted octanol–water partition coefficient (Wildman–Crippen LogP) is 4.30.